The average molecular weight is 466 g/mol. The van der Waals surface area contributed by atoms with Gasteiger partial charge in [-0.2, -0.15) is 0 Å². The number of rotatable bonds is 8. The number of amides is 2. The van der Waals surface area contributed by atoms with E-state index in [1.807, 2.05) is 61.2 Å². The minimum Gasteiger partial charge on any atom is -0.497 e. The third-order valence-corrected chi connectivity index (χ3v) is 5.97. The maximum absolute atomic E-state index is 13.0. The summed E-state index contributed by atoms with van der Waals surface area (Å²) < 4.78 is 16.7. The molecule has 1 aromatic heterocycles. The summed E-state index contributed by atoms with van der Waals surface area (Å²) >= 11 is 0. The number of hydrogen-bond acceptors (Lipinski definition) is 5. The van der Waals surface area contributed by atoms with E-state index in [0.717, 1.165) is 22.2 Å². The summed E-state index contributed by atoms with van der Waals surface area (Å²) in [5, 5.41) is 0.927. The molecule has 1 aliphatic heterocycles. The molecule has 0 bridgehead atoms. The monoisotopic (exact) mass is 465 g/mol. The average Bonchev–Trinajstić information content (AvgIpc) is 3.29. The normalized spacial score (nSPS) is 13.7. The fourth-order valence-electron chi connectivity index (χ4n) is 4.23. The highest BCUT2D eigenvalue weighted by Gasteiger charge is 2.26. The highest BCUT2D eigenvalue weighted by Crippen LogP contribution is 2.32. The minimum absolute atomic E-state index is 0.0133. The molecule has 0 saturated carbocycles. The first kappa shape index (κ1) is 23.5. The van der Waals surface area contributed by atoms with E-state index in [4.69, 9.17) is 14.2 Å². The SMILES string of the molecule is CCOc1cccc(CC(=O)N2CCN(C(=O)c3cc4cc(OC)ccc4[nH]3)CC2)c1OCC. The van der Waals surface area contributed by atoms with Crippen molar-refractivity contribution in [1.29, 1.82) is 0 Å². The van der Waals surface area contributed by atoms with Gasteiger partial charge in [-0.25, -0.2) is 0 Å². The second-order valence-electron chi connectivity index (χ2n) is 8.10. The standard InChI is InChI=1S/C26H31N3O5/c1-4-33-23-8-6-7-18(25(23)34-5-2)17-24(30)28-11-13-29(14-12-28)26(31)22-16-19-15-20(32-3)9-10-21(19)27-22/h6-10,15-16,27H,4-5,11-14,17H2,1-3H3. The van der Waals surface area contributed by atoms with Gasteiger partial charge in [0.05, 0.1) is 26.7 Å². The summed E-state index contributed by atoms with van der Waals surface area (Å²) in [7, 11) is 1.62. The number of nitrogens with one attached hydrogen (secondary N) is 1. The zero-order chi connectivity index (χ0) is 24.1. The van der Waals surface area contributed by atoms with Gasteiger partial charge in [-0.3, -0.25) is 9.59 Å². The van der Waals surface area contributed by atoms with Gasteiger partial charge in [-0.1, -0.05) is 12.1 Å². The first-order valence-corrected chi connectivity index (χ1v) is 11.6. The van der Waals surface area contributed by atoms with Gasteiger partial charge in [-0.05, 0) is 44.2 Å². The van der Waals surface area contributed by atoms with Crippen molar-refractivity contribution in [1.82, 2.24) is 14.8 Å². The molecule has 0 atom stereocenters. The van der Waals surface area contributed by atoms with E-state index in [2.05, 4.69) is 4.98 Å². The van der Waals surface area contributed by atoms with Crippen molar-refractivity contribution in [3.05, 3.63) is 53.7 Å². The van der Waals surface area contributed by atoms with Crippen LogP contribution in [0.15, 0.2) is 42.5 Å². The third-order valence-electron chi connectivity index (χ3n) is 5.97. The Hall–Kier alpha value is -3.68. The van der Waals surface area contributed by atoms with Crippen molar-refractivity contribution in [2.24, 2.45) is 0 Å². The number of ether oxygens (including phenoxy) is 3. The zero-order valence-corrected chi connectivity index (χ0v) is 19.9. The van der Waals surface area contributed by atoms with Gasteiger partial charge in [0, 0.05) is 42.6 Å². The van der Waals surface area contributed by atoms with Crippen molar-refractivity contribution < 1.29 is 23.8 Å². The Morgan fingerprint density at radius 3 is 2.38 bits per heavy atom. The number of nitrogens with zero attached hydrogens (tertiary/aromatic N) is 2. The molecule has 2 aromatic carbocycles. The van der Waals surface area contributed by atoms with Gasteiger partial charge in [0.1, 0.15) is 11.4 Å². The van der Waals surface area contributed by atoms with Gasteiger partial charge in [0.25, 0.3) is 5.91 Å². The van der Waals surface area contributed by atoms with E-state index in [1.54, 1.807) is 12.0 Å². The molecule has 34 heavy (non-hydrogen) atoms. The van der Waals surface area contributed by atoms with Crippen molar-refractivity contribution in [2.45, 2.75) is 20.3 Å². The second-order valence-corrected chi connectivity index (χ2v) is 8.10. The molecule has 4 rings (SSSR count). The molecule has 1 N–H and O–H groups in total. The van der Waals surface area contributed by atoms with Crippen LogP contribution in [0.25, 0.3) is 10.9 Å². The van der Waals surface area contributed by atoms with Crippen LogP contribution < -0.4 is 14.2 Å². The van der Waals surface area contributed by atoms with Gasteiger partial charge in [0.2, 0.25) is 5.91 Å². The number of carbonyl (C=O) groups excluding carboxylic acids is 2. The van der Waals surface area contributed by atoms with Crippen LogP contribution in [0.5, 0.6) is 17.2 Å². The van der Waals surface area contributed by atoms with Gasteiger partial charge >= 0.3 is 0 Å². The molecule has 0 aliphatic carbocycles. The lowest BCUT2D eigenvalue weighted by atomic mass is 10.1. The van der Waals surface area contributed by atoms with Crippen LogP contribution in [0.4, 0.5) is 0 Å². The lowest BCUT2D eigenvalue weighted by Crippen LogP contribution is -2.51. The first-order valence-electron chi connectivity index (χ1n) is 11.6. The quantitative estimate of drug-likeness (QED) is 0.551. The number of carbonyl (C=O) groups is 2. The maximum atomic E-state index is 13.0. The van der Waals surface area contributed by atoms with E-state index < -0.39 is 0 Å². The fourth-order valence-corrected chi connectivity index (χ4v) is 4.23. The topological polar surface area (TPSA) is 84.1 Å². The molecule has 8 nitrogen and oxygen atoms in total. The van der Waals surface area contributed by atoms with E-state index in [0.29, 0.717) is 56.6 Å². The molecule has 1 fully saturated rings. The highest BCUT2D eigenvalue weighted by atomic mass is 16.5. The number of aromatic amines is 1. The summed E-state index contributed by atoms with van der Waals surface area (Å²) in [5.74, 6) is 1.98. The number of aromatic nitrogens is 1. The Morgan fingerprint density at radius 2 is 1.68 bits per heavy atom. The Balaban J connectivity index is 1.39. The molecule has 2 amide bonds. The molecule has 1 saturated heterocycles. The zero-order valence-electron chi connectivity index (χ0n) is 19.9. The molecule has 8 heteroatoms. The van der Waals surface area contributed by atoms with Crippen molar-refractivity contribution >= 4 is 22.7 Å². The van der Waals surface area contributed by atoms with Crippen LogP contribution in [0.3, 0.4) is 0 Å². The number of H-pyrrole nitrogens is 1. The van der Waals surface area contributed by atoms with Crippen molar-refractivity contribution in [2.75, 3.05) is 46.5 Å². The van der Waals surface area contributed by atoms with E-state index in [-0.39, 0.29) is 18.2 Å². The molecule has 0 spiro atoms. The van der Waals surface area contributed by atoms with Crippen LogP contribution in [0, 0.1) is 0 Å². The number of methoxy groups -OCH3 is 1. The molecule has 0 unspecified atom stereocenters. The smallest absolute Gasteiger partial charge is 0.270 e. The van der Waals surface area contributed by atoms with Crippen molar-refractivity contribution in [3.8, 4) is 17.2 Å². The molecule has 3 aromatic rings. The number of hydrogen-bond donors (Lipinski definition) is 1. The number of fused-ring (bicyclic) bond motifs is 1. The predicted molar refractivity (Wildman–Crippen MR) is 130 cm³/mol. The van der Waals surface area contributed by atoms with Gasteiger partial charge < -0.3 is 29.0 Å². The lowest BCUT2D eigenvalue weighted by molar-refractivity contribution is -0.131. The number of para-hydroxylation sites is 1. The van der Waals surface area contributed by atoms with Gasteiger partial charge in [-0.15, -0.1) is 0 Å². The number of benzene rings is 2. The van der Waals surface area contributed by atoms with Crippen LogP contribution in [0.1, 0.15) is 29.9 Å². The van der Waals surface area contributed by atoms with Crippen LogP contribution in [-0.2, 0) is 11.2 Å². The third kappa shape index (κ3) is 4.95. The highest BCUT2D eigenvalue weighted by molar-refractivity contribution is 5.98. The molecular formula is C26H31N3O5. The van der Waals surface area contributed by atoms with E-state index in [1.165, 1.54) is 0 Å². The summed E-state index contributed by atoms with van der Waals surface area (Å²) in [6, 6.07) is 13.1. The predicted octanol–water partition coefficient (Wildman–Crippen LogP) is 3.50. The largest absolute Gasteiger partial charge is 0.497 e. The molecular weight excluding hydrogens is 434 g/mol. The Labute approximate surface area is 199 Å². The summed E-state index contributed by atoms with van der Waals surface area (Å²) in [6.07, 6.45) is 0.230. The second kappa shape index (κ2) is 10.5. The number of piperazine rings is 1. The molecule has 180 valence electrons. The van der Waals surface area contributed by atoms with E-state index in [9.17, 15) is 9.59 Å². The summed E-state index contributed by atoms with van der Waals surface area (Å²) in [4.78, 5) is 32.8. The van der Waals surface area contributed by atoms with Gasteiger partial charge in [0.15, 0.2) is 11.5 Å². The summed E-state index contributed by atoms with van der Waals surface area (Å²) in [5.41, 5.74) is 2.24. The molecule has 0 radical (unpaired) electrons. The molecule has 2 heterocycles. The Bertz CT molecular complexity index is 1160. The van der Waals surface area contributed by atoms with E-state index >= 15 is 0 Å². The first-order chi connectivity index (χ1) is 16.5. The molecule has 1 aliphatic rings. The minimum atomic E-state index is -0.0645. The lowest BCUT2D eigenvalue weighted by Gasteiger charge is -2.34. The maximum Gasteiger partial charge on any atom is 0.270 e. The van der Waals surface area contributed by atoms with Crippen LogP contribution in [0.2, 0.25) is 0 Å². The fraction of sp³-hybridized carbons (Fsp3) is 0.385. The summed E-state index contributed by atoms with van der Waals surface area (Å²) in [6.45, 7) is 6.81. The van der Waals surface area contributed by atoms with Crippen LogP contribution in [-0.4, -0.2) is 73.1 Å². The Morgan fingerprint density at radius 1 is 0.941 bits per heavy atom. The van der Waals surface area contributed by atoms with Crippen LogP contribution >= 0.6 is 0 Å². The Kier molecular flexibility index (Phi) is 7.25. The van der Waals surface area contributed by atoms with Crippen molar-refractivity contribution in [3.63, 3.8) is 0 Å².